The van der Waals surface area contributed by atoms with Crippen molar-refractivity contribution in [3.05, 3.63) is 22.8 Å². The molecule has 1 fully saturated rings. The maximum atomic E-state index is 11.7. The topological polar surface area (TPSA) is 77.2 Å². The second kappa shape index (κ2) is 5.67. The third-order valence-corrected chi connectivity index (χ3v) is 3.97. The van der Waals surface area contributed by atoms with Gasteiger partial charge in [0.1, 0.15) is 5.82 Å². The number of carbonyl (C=O) groups excluding carboxylic acids is 1. The molecule has 2 rings (SSSR count). The molecule has 3 N–H and O–H groups in total. The number of hydrogen-bond acceptors (Lipinski definition) is 4. The van der Waals surface area contributed by atoms with Gasteiger partial charge in [-0.15, -0.1) is 0 Å². The van der Waals surface area contributed by atoms with E-state index in [1.807, 2.05) is 12.1 Å². The summed E-state index contributed by atoms with van der Waals surface area (Å²) in [5.74, 6) is 0.454. The normalized spacial score (nSPS) is 18.3. The summed E-state index contributed by atoms with van der Waals surface area (Å²) in [7, 11) is 0. The van der Waals surface area contributed by atoms with Crippen LogP contribution in [0.3, 0.4) is 0 Å². The molecule has 1 amide bonds. The summed E-state index contributed by atoms with van der Waals surface area (Å²) in [6.07, 6.45) is 3.01. The van der Waals surface area contributed by atoms with Gasteiger partial charge in [0.05, 0.1) is 9.89 Å². The van der Waals surface area contributed by atoms with Crippen LogP contribution in [0.25, 0.3) is 0 Å². The summed E-state index contributed by atoms with van der Waals surface area (Å²) in [6, 6.07) is 3.74. The van der Waals surface area contributed by atoms with Gasteiger partial charge in [-0.2, -0.15) is 0 Å². The van der Waals surface area contributed by atoms with Gasteiger partial charge in [-0.1, -0.05) is 0 Å². The van der Waals surface area contributed by atoms with Gasteiger partial charge in [0.2, 0.25) is 5.91 Å². The van der Waals surface area contributed by atoms with Crippen molar-refractivity contribution < 1.29 is 9.53 Å². The first kappa shape index (κ1) is 13.3. The maximum Gasteiger partial charge on any atom is 0.225 e. The summed E-state index contributed by atoms with van der Waals surface area (Å²) >= 11 is 3.41. The summed E-state index contributed by atoms with van der Waals surface area (Å²) in [6.45, 7) is 1.64. The lowest BCUT2D eigenvalue weighted by molar-refractivity contribution is -0.132. The summed E-state index contributed by atoms with van der Waals surface area (Å²) in [4.78, 5) is 15.9. The Morgan fingerprint density at radius 1 is 1.56 bits per heavy atom. The van der Waals surface area contributed by atoms with Crippen LogP contribution >= 0.6 is 15.9 Å². The van der Waals surface area contributed by atoms with Gasteiger partial charge in [-0.3, -0.25) is 4.79 Å². The quantitative estimate of drug-likeness (QED) is 0.884. The molecule has 2 heterocycles. The molecule has 1 saturated heterocycles. The number of anilines is 1. The van der Waals surface area contributed by atoms with Gasteiger partial charge >= 0.3 is 0 Å². The Hall–Kier alpha value is -1.14. The van der Waals surface area contributed by atoms with Crippen LogP contribution in [-0.4, -0.2) is 30.6 Å². The molecule has 5 nitrogen and oxygen atoms in total. The lowest BCUT2D eigenvalue weighted by Crippen LogP contribution is -2.46. The minimum atomic E-state index is -0.533. The van der Waals surface area contributed by atoms with Crippen molar-refractivity contribution in [2.45, 2.75) is 12.8 Å². The molecule has 1 aliphatic rings. The Morgan fingerprint density at radius 2 is 2.28 bits per heavy atom. The van der Waals surface area contributed by atoms with Crippen molar-refractivity contribution in [2.24, 2.45) is 11.1 Å². The van der Waals surface area contributed by atoms with Gasteiger partial charge in [-0.05, 0) is 40.9 Å². The van der Waals surface area contributed by atoms with Crippen LogP contribution in [0.5, 0.6) is 0 Å². The summed E-state index contributed by atoms with van der Waals surface area (Å²) in [5.41, 5.74) is 5.01. The van der Waals surface area contributed by atoms with Gasteiger partial charge < -0.3 is 15.8 Å². The van der Waals surface area contributed by atoms with E-state index in [1.165, 1.54) is 0 Å². The fourth-order valence-electron chi connectivity index (χ4n) is 2.04. The number of nitrogens with two attached hydrogens (primary N) is 1. The Balaban J connectivity index is 2.06. The largest absolute Gasteiger partial charge is 0.381 e. The second-order valence-corrected chi connectivity index (χ2v) is 5.30. The Kier molecular flexibility index (Phi) is 4.19. The highest BCUT2D eigenvalue weighted by Gasteiger charge is 2.38. The monoisotopic (exact) mass is 313 g/mol. The molecule has 0 bridgehead atoms. The van der Waals surface area contributed by atoms with E-state index in [4.69, 9.17) is 10.5 Å². The second-order valence-electron chi connectivity index (χ2n) is 4.44. The molecule has 6 heteroatoms. The number of nitrogens with one attached hydrogen (secondary N) is 1. The van der Waals surface area contributed by atoms with Gasteiger partial charge in [0.25, 0.3) is 0 Å². The van der Waals surface area contributed by atoms with Crippen LogP contribution < -0.4 is 11.1 Å². The molecule has 0 radical (unpaired) electrons. The van der Waals surface area contributed by atoms with E-state index < -0.39 is 5.41 Å². The molecular weight excluding hydrogens is 298 g/mol. The zero-order valence-electron chi connectivity index (χ0n) is 9.99. The van der Waals surface area contributed by atoms with E-state index in [-0.39, 0.29) is 5.91 Å². The minimum Gasteiger partial charge on any atom is -0.381 e. The predicted octanol–water partition coefficient (Wildman–Crippen LogP) is 1.54. The van der Waals surface area contributed by atoms with Crippen LogP contribution in [0.1, 0.15) is 12.8 Å². The highest BCUT2D eigenvalue weighted by atomic mass is 79.9. The van der Waals surface area contributed by atoms with Gasteiger partial charge in [-0.25, -0.2) is 4.98 Å². The number of ether oxygens (including phenoxy) is 1. The number of primary amides is 1. The van der Waals surface area contributed by atoms with E-state index in [9.17, 15) is 4.79 Å². The number of nitrogens with zero attached hydrogens (tertiary/aromatic N) is 1. The van der Waals surface area contributed by atoms with Crippen LogP contribution in [0, 0.1) is 5.41 Å². The maximum absolute atomic E-state index is 11.7. The summed E-state index contributed by atoms with van der Waals surface area (Å²) in [5, 5.41) is 3.19. The Labute approximate surface area is 114 Å². The summed E-state index contributed by atoms with van der Waals surface area (Å²) < 4.78 is 6.16. The number of aromatic nitrogens is 1. The molecule has 0 atom stereocenters. The van der Waals surface area contributed by atoms with Crippen molar-refractivity contribution in [1.82, 2.24) is 4.98 Å². The molecule has 1 aromatic heterocycles. The first-order valence-electron chi connectivity index (χ1n) is 5.86. The molecule has 1 aromatic rings. The minimum absolute atomic E-state index is 0.273. The molecule has 0 aromatic carbocycles. The molecular formula is C12H16BrN3O2. The van der Waals surface area contributed by atoms with Crippen molar-refractivity contribution in [2.75, 3.05) is 25.1 Å². The first-order chi connectivity index (χ1) is 8.64. The molecule has 0 aliphatic carbocycles. The zero-order chi connectivity index (χ0) is 13.0. The lowest BCUT2D eigenvalue weighted by Gasteiger charge is -2.34. The zero-order valence-corrected chi connectivity index (χ0v) is 11.6. The van der Waals surface area contributed by atoms with E-state index in [0.29, 0.717) is 32.6 Å². The van der Waals surface area contributed by atoms with Crippen LogP contribution in [0.15, 0.2) is 22.8 Å². The van der Waals surface area contributed by atoms with E-state index in [2.05, 4.69) is 26.2 Å². The molecule has 0 spiro atoms. The van der Waals surface area contributed by atoms with Crippen LogP contribution in [0.2, 0.25) is 0 Å². The molecule has 0 unspecified atom stereocenters. The fourth-order valence-corrected chi connectivity index (χ4v) is 2.44. The smallest absolute Gasteiger partial charge is 0.225 e. The molecule has 98 valence electrons. The third kappa shape index (κ3) is 2.81. The van der Waals surface area contributed by atoms with E-state index in [0.717, 1.165) is 10.3 Å². The number of amides is 1. The van der Waals surface area contributed by atoms with Crippen molar-refractivity contribution >= 4 is 27.7 Å². The molecule has 0 saturated carbocycles. The van der Waals surface area contributed by atoms with Crippen molar-refractivity contribution in [3.63, 3.8) is 0 Å². The van der Waals surface area contributed by atoms with Gasteiger partial charge in [0, 0.05) is 26.0 Å². The van der Waals surface area contributed by atoms with Crippen molar-refractivity contribution in [1.29, 1.82) is 0 Å². The van der Waals surface area contributed by atoms with Crippen LogP contribution in [-0.2, 0) is 9.53 Å². The molecule has 1 aliphatic heterocycles. The highest BCUT2D eigenvalue weighted by Crippen LogP contribution is 2.31. The average molecular weight is 314 g/mol. The third-order valence-electron chi connectivity index (χ3n) is 3.33. The number of halogens is 1. The Morgan fingerprint density at radius 3 is 2.89 bits per heavy atom. The van der Waals surface area contributed by atoms with E-state index >= 15 is 0 Å². The number of pyridine rings is 1. The van der Waals surface area contributed by atoms with E-state index in [1.54, 1.807) is 6.20 Å². The standard InChI is InChI=1S/C12H16BrN3O2/c13-9-2-1-5-15-10(9)16-8-12(11(14)17)3-6-18-7-4-12/h1-2,5H,3-4,6-8H2,(H2,14,17)(H,15,16). The average Bonchev–Trinajstić information content (AvgIpc) is 2.39. The number of carbonyl (C=O) groups is 1. The lowest BCUT2D eigenvalue weighted by atomic mass is 9.79. The predicted molar refractivity (Wildman–Crippen MR) is 72.1 cm³/mol. The molecule has 18 heavy (non-hydrogen) atoms. The van der Waals surface area contributed by atoms with Gasteiger partial charge in [0.15, 0.2) is 0 Å². The number of hydrogen-bond donors (Lipinski definition) is 2. The van der Waals surface area contributed by atoms with Crippen LogP contribution in [0.4, 0.5) is 5.82 Å². The van der Waals surface area contributed by atoms with Crippen molar-refractivity contribution in [3.8, 4) is 0 Å². The Bertz CT molecular complexity index is 433. The number of rotatable bonds is 4. The SMILES string of the molecule is NC(=O)C1(CNc2ncccc2Br)CCOCC1. The first-order valence-corrected chi connectivity index (χ1v) is 6.65. The fraction of sp³-hybridized carbons (Fsp3) is 0.500. The highest BCUT2D eigenvalue weighted by molar-refractivity contribution is 9.10.